The highest BCUT2D eigenvalue weighted by Gasteiger charge is 2.24. The quantitative estimate of drug-likeness (QED) is 0.839. The maximum absolute atomic E-state index is 11.5. The van der Waals surface area contributed by atoms with E-state index < -0.39 is 0 Å². The van der Waals surface area contributed by atoms with Gasteiger partial charge in [-0.05, 0) is 25.5 Å². The lowest BCUT2D eigenvalue weighted by Gasteiger charge is -2.12. The first-order valence-corrected chi connectivity index (χ1v) is 5.23. The molecule has 3 nitrogen and oxygen atoms in total. The summed E-state index contributed by atoms with van der Waals surface area (Å²) in [6.07, 6.45) is 0.0463. The van der Waals surface area contributed by atoms with Crippen molar-refractivity contribution in [1.82, 2.24) is 5.32 Å². The minimum Gasteiger partial charge on any atom is -0.489 e. The van der Waals surface area contributed by atoms with Gasteiger partial charge in [-0.3, -0.25) is 4.79 Å². The average molecular weight is 226 g/mol. The number of carbonyl (C=O) groups is 1. The number of benzene rings is 1. The van der Waals surface area contributed by atoms with E-state index in [4.69, 9.17) is 16.3 Å². The summed E-state index contributed by atoms with van der Waals surface area (Å²) in [5.74, 6) is 0.451. The highest BCUT2D eigenvalue weighted by Crippen LogP contribution is 2.33. The van der Waals surface area contributed by atoms with Crippen LogP contribution in [0.3, 0.4) is 0 Å². The third-order valence-electron chi connectivity index (χ3n) is 2.22. The average Bonchev–Trinajstić information content (AvgIpc) is 2.53. The lowest BCUT2D eigenvalue weighted by molar-refractivity contribution is 0.0965. The number of hydrogen-bond acceptors (Lipinski definition) is 2. The van der Waals surface area contributed by atoms with E-state index in [0.29, 0.717) is 22.9 Å². The van der Waals surface area contributed by atoms with Crippen molar-refractivity contribution in [3.8, 4) is 5.75 Å². The number of halogens is 1. The Morgan fingerprint density at radius 3 is 2.87 bits per heavy atom. The lowest BCUT2D eigenvalue weighted by Crippen LogP contribution is -2.13. The van der Waals surface area contributed by atoms with Gasteiger partial charge in [0.15, 0.2) is 0 Å². The second-order valence-corrected chi connectivity index (χ2v) is 4.14. The topological polar surface area (TPSA) is 38.3 Å². The zero-order valence-electron chi connectivity index (χ0n) is 8.63. The van der Waals surface area contributed by atoms with E-state index in [1.54, 1.807) is 6.07 Å². The van der Waals surface area contributed by atoms with Crippen LogP contribution >= 0.6 is 11.6 Å². The summed E-state index contributed by atoms with van der Waals surface area (Å²) in [7, 11) is 0. The molecule has 1 amide bonds. The van der Waals surface area contributed by atoms with Crippen molar-refractivity contribution in [2.75, 3.05) is 0 Å². The van der Waals surface area contributed by atoms with Crippen LogP contribution < -0.4 is 10.1 Å². The Balaban J connectivity index is 2.44. The predicted molar refractivity (Wildman–Crippen MR) is 58.4 cm³/mol. The third-order valence-corrected chi connectivity index (χ3v) is 2.60. The second-order valence-electron chi connectivity index (χ2n) is 3.76. The highest BCUT2D eigenvalue weighted by molar-refractivity contribution is 6.35. The molecule has 0 bridgehead atoms. The summed E-state index contributed by atoms with van der Waals surface area (Å²) in [6.45, 7) is 4.39. The zero-order chi connectivity index (χ0) is 11.0. The number of fused-ring (bicyclic) bond motifs is 1. The van der Waals surface area contributed by atoms with Crippen molar-refractivity contribution in [2.24, 2.45) is 0 Å². The fraction of sp³-hybridized carbons (Fsp3) is 0.364. The molecule has 1 aromatic rings. The molecule has 0 aromatic heterocycles. The molecule has 1 aliphatic rings. The summed E-state index contributed by atoms with van der Waals surface area (Å²) in [6, 6.07) is 3.68. The summed E-state index contributed by atoms with van der Waals surface area (Å²) in [5.41, 5.74) is 1.48. The Bertz CT molecular complexity index is 415. The van der Waals surface area contributed by atoms with Crippen LogP contribution in [-0.4, -0.2) is 12.0 Å². The first-order valence-electron chi connectivity index (χ1n) is 4.86. The largest absolute Gasteiger partial charge is 0.489 e. The van der Waals surface area contributed by atoms with Crippen LogP contribution in [0, 0.1) is 0 Å². The third kappa shape index (κ3) is 1.79. The van der Waals surface area contributed by atoms with Crippen LogP contribution in [0.4, 0.5) is 0 Å². The molecule has 0 saturated heterocycles. The molecule has 1 N–H and O–H groups in total. The van der Waals surface area contributed by atoms with Crippen LogP contribution in [0.5, 0.6) is 5.75 Å². The molecule has 15 heavy (non-hydrogen) atoms. The van der Waals surface area contributed by atoms with Gasteiger partial charge in [0.2, 0.25) is 0 Å². The van der Waals surface area contributed by atoms with Crippen molar-refractivity contribution in [3.63, 3.8) is 0 Å². The van der Waals surface area contributed by atoms with E-state index in [1.165, 1.54) is 0 Å². The Morgan fingerprint density at radius 1 is 1.47 bits per heavy atom. The van der Waals surface area contributed by atoms with Crippen LogP contribution in [-0.2, 0) is 6.54 Å². The smallest absolute Gasteiger partial charge is 0.253 e. The molecule has 1 aliphatic heterocycles. The molecule has 0 aliphatic carbocycles. The molecule has 0 radical (unpaired) electrons. The van der Waals surface area contributed by atoms with Crippen LogP contribution in [0.2, 0.25) is 5.02 Å². The molecule has 4 heteroatoms. The fourth-order valence-corrected chi connectivity index (χ4v) is 1.91. The van der Waals surface area contributed by atoms with Crippen molar-refractivity contribution in [2.45, 2.75) is 26.5 Å². The molecule has 1 aromatic carbocycles. The van der Waals surface area contributed by atoms with Crippen LogP contribution in [0.15, 0.2) is 12.1 Å². The predicted octanol–water partition coefficient (Wildman–Crippen LogP) is 2.37. The van der Waals surface area contributed by atoms with Gasteiger partial charge < -0.3 is 10.1 Å². The van der Waals surface area contributed by atoms with Crippen molar-refractivity contribution in [1.29, 1.82) is 0 Å². The molecule has 2 rings (SSSR count). The van der Waals surface area contributed by atoms with Crippen molar-refractivity contribution in [3.05, 3.63) is 28.3 Å². The number of rotatable bonds is 2. The highest BCUT2D eigenvalue weighted by atomic mass is 35.5. The van der Waals surface area contributed by atoms with Gasteiger partial charge in [0, 0.05) is 6.54 Å². The van der Waals surface area contributed by atoms with E-state index in [-0.39, 0.29) is 12.0 Å². The van der Waals surface area contributed by atoms with E-state index in [2.05, 4.69) is 5.32 Å². The lowest BCUT2D eigenvalue weighted by atomic mass is 10.1. The van der Waals surface area contributed by atoms with Gasteiger partial charge in [-0.25, -0.2) is 0 Å². The SMILES string of the molecule is CC(C)Oc1ccc2c(c1Cl)C(=O)NC2. The monoisotopic (exact) mass is 225 g/mol. The van der Waals surface area contributed by atoms with Gasteiger partial charge in [0.1, 0.15) is 5.75 Å². The van der Waals surface area contributed by atoms with Gasteiger partial charge in [0.25, 0.3) is 5.91 Å². The number of amides is 1. The first kappa shape index (κ1) is 10.3. The number of ether oxygens (including phenoxy) is 1. The summed E-state index contributed by atoms with van der Waals surface area (Å²) in [5, 5.41) is 3.14. The molecule has 0 spiro atoms. The van der Waals surface area contributed by atoms with Crippen LogP contribution in [0.25, 0.3) is 0 Å². The molecular weight excluding hydrogens is 214 g/mol. The van der Waals surface area contributed by atoms with E-state index in [0.717, 1.165) is 5.56 Å². The normalized spacial score (nSPS) is 14.0. The second kappa shape index (κ2) is 3.74. The molecule has 0 atom stereocenters. The van der Waals surface area contributed by atoms with Gasteiger partial charge in [-0.2, -0.15) is 0 Å². The summed E-state index contributed by atoms with van der Waals surface area (Å²) >= 11 is 6.11. The standard InChI is InChI=1S/C11H12ClNO2/c1-6(2)15-8-4-3-7-5-13-11(14)9(7)10(8)12/h3-4,6H,5H2,1-2H3,(H,13,14). The van der Waals surface area contributed by atoms with Gasteiger partial charge in [-0.15, -0.1) is 0 Å². The molecule has 0 fully saturated rings. The van der Waals surface area contributed by atoms with E-state index >= 15 is 0 Å². The summed E-state index contributed by atoms with van der Waals surface area (Å²) in [4.78, 5) is 11.5. The Kier molecular flexibility index (Phi) is 2.57. The minimum atomic E-state index is -0.121. The Morgan fingerprint density at radius 2 is 2.20 bits per heavy atom. The first-order chi connectivity index (χ1) is 7.09. The molecule has 80 valence electrons. The number of hydrogen-bond donors (Lipinski definition) is 1. The fourth-order valence-electron chi connectivity index (χ4n) is 1.60. The molecular formula is C11H12ClNO2. The van der Waals surface area contributed by atoms with Gasteiger partial charge in [0.05, 0.1) is 16.7 Å². The number of carbonyl (C=O) groups excluding carboxylic acids is 1. The van der Waals surface area contributed by atoms with Crippen LogP contribution in [0.1, 0.15) is 29.8 Å². The van der Waals surface area contributed by atoms with Gasteiger partial charge in [-0.1, -0.05) is 17.7 Å². The summed E-state index contributed by atoms with van der Waals surface area (Å²) < 4.78 is 5.51. The number of nitrogens with one attached hydrogen (secondary N) is 1. The Labute approximate surface area is 93.4 Å². The zero-order valence-corrected chi connectivity index (χ0v) is 9.39. The van der Waals surface area contributed by atoms with Crippen molar-refractivity contribution >= 4 is 17.5 Å². The molecule has 0 saturated carbocycles. The minimum absolute atomic E-state index is 0.0463. The van der Waals surface area contributed by atoms with Crippen molar-refractivity contribution < 1.29 is 9.53 Å². The molecule has 1 heterocycles. The Hall–Kier alpha value is -1.22. The van der Waals surface area contributed by atoms with Gasteiger partial charge >= 0.3 is 0 Å². The maximum atomic E-state index is 11.5. The van der Waals surface area contributed by atoms with E-state index in [1.807, 2.05) is 19.9 Å². The maximum Gasteiger partial charge on any atom is 0.253 e. The molecule has 0 unspecified atom stereocenters. The van der Waals surface area contributed by atoms with E-state index in [9.17, 15) is 4.79 Å².